The van der Waals surface area contributed by atoms with E-state index in [0.29, 0.717) is 0 Å². The van der Waals surface area contributed by atoms with E-state index in [4.69, 9.17) is 0 Å². The monoisotopic (exact) mass is 298 g/mol. The van der Waals surface area contributed by atoms with Crippen LogP contribution < -0.4 is 16.2 Å². The standard InChI is InChI=1S/C16H22N6/c1-3-22(4-2)10-9-17-16-19-15-12-7-5-6-8-13(12)18-11-14(15)20-21-16/h5-8,11,20H,3-4,9-10H2,1-2H3,(H2,17,19,21). The number of pyridine rings is 1. The summed E-state index contributed by atoms with van der Waals surface area (Å²) < 4.78 is 0. The fourth-order valence-electron chi connectivity index (χ4n) is 2.57. The second-order valence-electron chi connectivity index (χ2n) is 5.20. The number of nitrogens with zero attached hydrogens (tertiary/aromatic N) is 3. The number of benzene rings is 1. The molecule has 0 bridgehead atoms. The molecular weight excluding hydrogens is 276 g/mol. The summed E-state index contributed by atoms with van der Waals surface area (Å²) in [6, 6.07) is 8.09. The van der Waals surface area contributed by atoms with Gasteiger partial charge in [-0.1, -0.05) is 32.0 Å². The van der Waals surface area contributed by atoms with Gasteiger partial charge in [0.2, 0.25) is 5.96 Å². The lowest BCUT2D eigenvalue weighted by molar-refractivity contribution is 0.313. The highest BCUT2D eigenvalue weighted by Crippen LogP contribution is 2.30. The van der Waals surface area contributed by atoms with E-state index >= 15 is 0 Å². The zero-order valence-electron chi connectivity index (χ0n) is 13.1. The maximum absolute atomic E-state index is 4.59. The van der Waals surface area contributed by atoms with Crippen molar-refractivity contribution in [2.45, 2.75) is 13.8 Å². The summed E-state index contributed by atoms with van der Waals surface area (Å²) in [6.07, 6.45) is 1.82. The molecule has 1 aliphatic rings. The molecular formula is C16H22N6. The van der Waals surface area contributed by atoms with Gasteiger partial charge in [0.05, 0.1) is 29.6 Å². The van der Waals surface area contributed by atoms with Crippen LogP contribution in [0.3, 0.4) is 0 Å². The third-order valence-corrected chi connectivity index (χ3v) is 3.92. The summed E-state index contributed by atoms with van der Waals surface area (Å²) in [7, 11) is 0. The van der Waals surface area contributed by atoms with Crippen molar-refractivity contribution >= 4 is 28.2 Å². The molecule has 0 fully saturated rings. The van der Waals surface area contributed by atoms with Gasteiger partial charge in [0.15, 0.2) is 0 Å². The van der Waals surface area contributed by atoms with E-state index in [-0.39, 0.29) is 0 Å². The van der Waals surface area contributed by atoms with Gasteiger partial charge in [0, 0.05) is 11.9 Å². The maximum atomic E-state index is 4.59. The van der Waals surface area contributed by atoms with Crippen LogP contribution in [0.2, 0.25) is 0 Å². The van der Waals surface area contributed by atoms with Gasteiger partial charge < -0.3 is 10.2 Å². The Bertz CT molecular complexity index is 677. The highest BCUT2D eigenvalue weighted by Gasteiger charge is 2.15. The molecule has 2 aromatic rings. The minimum Gasteiger partial charge on any atom is -0.322 e. The Balaban J connectivity index is 1.76. The summed E-state index contributed by atoms with van der Waals surface area (Å²) in [6.45, 7) is 8.18. The van der Waals surface area contributed by atoms with Gasteiger partial charge in [0.25, 0.3) is 0 Å². The minimum absolute atomic E-state index is 0.746. The van der Waals surface area contributed by atoms with Crippen LogP contribution in [0, 0.1) is 0 Å². The zero-order valence-corrected chi connectivity index (χ0v) is 13.1. The van der Waals surface area contributed by atoms with Gasteiger partial charge in [-0.3, -0.25) is 20.8 Å². The normalized spacial score (nSPS) is 15.3. The fraction of sp³-hybridized carbons (Fsp3) is 0.375. The first-order valence-corrected chi connectivity index (χ1v) is 7.75. The number of fused-ring (bicyclic) bond motifs is 3. The molecule has 1 aliphatic heterocycles. The number of rotatable bonds is 5. The van der Waals surface area contributed by atoms with Crippen LogP contribution >= 0.6 is 0 Å². The number of guanidine groups is 1. The molecule has 6 nitrogen and oxygen atoms in total. The van der Waals surface area contributed by atoms with Crippen molar-refractivity contribution in [3.05, 3.63) is 30.5 Å². The van der Waals surface area contributed by atoms with Gasteiger partial charge in [-0.05, 0) is 19.2 Å². The van der Waals surface area contributed by atoms with Gasteiger partial charge in [-0.15, -0.1) is 0 Å². The molecule has 0 saturated heterocycles. The molecule has 22 heavy (non-hydrogen) atoms. The molecule has 116 valence electrons. The molecule has 0 spiro atoms. The highest BCUT2D eigenvalue weighted by molar-refractivity contribution is 6.09. The van der Waals surface area contributed by atoms with E-state index in [9.17, 15) is 0 Å². The maximum Gasteiger partial charge on any atom is 0.214 e. The number of aromatic nitrogens is 1. The Labute approximate surface area is 130 Å². The second kappa shape index (κ2) is 6.62. The fourth-order valence-corrected chi connectivity index (χ4v) is 2.57. The predicted molar refractivity (Wildman–Crippen MR) is 92.2 cm³/mol. The molecule has 0 saturated carbocycles. The Morgan fingerprint density at radius 2 is 1.95 bits per heavy atom. The number of likely N-dealkylation sites (N-methyl/N-ethyl adjacent to an activating group) is 1. The van der Waals surface area contributed by atoms with Crippen molar-refractivity contribution < 1.29 is 0 Å². The Morgan fingerprint density at radius 3 is 2.77 bits per heavy atom. The molecule has 0 aliphatic carbocycles. The third-order valence-electron chi connectivity index (χ3n) is 3.92. The van der Waals surface area contributed by atoms with E-state index in [2.05, 4.69) is 51.0 Å². The first-order chi connectivity index (χ1) is 10.8. The number of hydrogen-bond acceptors (Lipinski definition) is 4. The first-order valence-electron chi connectivity index (χ1n) is 7.75. The Morgan fingerprint density at radius 1 is 1.14 bits per heavy atom. The highest BCUT2D eigenvalue weighted by atomic mass is 15.5. The molecule has 3 N–H and O–H groups in total. The number of hydrazine groups is 1. The quantitative estimate of drug-likeness (QED) is 0.790. The summed E-state index contributed by atoms with van der Waals surface area (Å²) >= 11 is 0. The van der Waals surface area contributed by atoms with Crippen molar-refractivity contribution in [2.24, 2.45) is 4.99 Å². The molecule has 1 aromatic heterocycles. The van der Waals surface area contributed by atoms with E-state index in [1.165, 1.54) is 0 Å². The van der Waals surface area contributed by atoms with Gasteiger partial charge in [-0.25, -0.2) is 0 Å². The average molecular weight is 298 g/mol. The lowest BCUT2D eigenvalue weighted by Gasteiger charge is -2.24. The van der Waals surface area contributed by atoms with Crippen molar-refractivity contribution in [3.63, 3.8) is 0 Å². The van der Waals surface area contributed by atoms with Crippen LogP contribution in [-0.4, -0.2) is 42.0 Å². The van der Waals surface area contributed by atoms with E-state index in [0.717, 1.165) is 54.4 Å². The summed E-state index contributed by atoms with van der Waals surface area (Å²) in [5, 5.41) is 4.46. The lowest BCUT2D eigenvalue weighted by Crippen LogP contribution is -2.40. The predicted octanol–water partition coefficient (Wildman–Crippen LogP) is 2.27. The Kier molecular flexibility index (Phi) is 4.39. The summed E-state index contributed by atoms with van der Waals surface area (Å²) in [5.74, 6) is 0.746. The smallest absolute Gasteiger partial charge is 0.214 e. The minimum atomic E-state index is 0.746. The largest absolute Gasteiger partial charge is 0.322 e. The zero-order chi connectivity index (χ0) is 15.4. The van der Waals surface area contributed by atoms with Gasteiger partial charge in [-0.2, -0.15) is 0 Å². The van der Waals surface area contributed by atoms with Crippen molar-refractivity contribution in [1.82, 2.24) is 15.3 Å². The summed E-state index contributed by atoms with van der Waals surface area (Å²) in [4.78, 5) is 11.4. The number of hydrogen-bond donors (Lipinski definition) is 3. The third kappa shape index (κ3) is 2.96. The van der Waals surface area contributed by atoms with Crippen LogP contribution in [-0.2, 0) is 0 Å². The van der Waals surface area contributed by atoms with Crippen LogP contribution in [0.15, 0.2) is 35.5 Å². The molecule has 0 atom stereocenters. The number of nitrogens with one attached hydrogen (secondary N) is 3. The number of aliphatic imine (C=N–C) groups is 1. The van der Waals surface area contributed by atoms with E-state index in [1.54, 1.807) is 0 Å². The molecule has 6 heteroatoms. The van der Waals surface area contributed by atoms with Crippen LogP contribution in [0.5, 0.6) is 0 Å². The SMILES string of the molecule is CCN(CC)CCN=C1NNc2cnc3ccccc3c2N1. The topological polar surface area (TPSA) is 64.6 Å². The van der Waals surface area contributed by atoms with E-state index < -0.39 is 0 Å². The van der Waals surface area contributed by atoms with Crippen molar-refractivity contribution in [1.29, 1.82) is 0 Å². The first kappa shape index (κ1) is 14.6. The average Bonchev–Trinajstić information content (AvgIpc) is 2.58. The van der Waals surface area contributed by atoms with Crippen LogP contribution in [0.25, 0.3) is 10.9 Å². The number of para-hydroxylation sites is 1. The molecule has 3 rings (SSSR count). The molecule has 0 amide bonds. The van der Waals surface area contributed by atoms with E-state index in [1.807, 2.05) is 24.4 Å². The Hall–Kier alpha value is -2.34. The molecule has 1 aromatic carbocycles. The van der Waals surface area contributed by atoms with Crippen molar-refractivity contribution in [2.75, 3.05) is 36.9 Å². The molecule has 2 heterocycles. The summed E-state index contributed by atoms with van der Waals surface area (Å²) in [5.41, 5.74) is 9.16. The molecule has 0 unspecified atom stereocenters. The van der Waals surface area contributed by atoms with Crippen LogP contribution in [0.1, 0.15) is 13.8 Å². The second-order valence-corrected chi connectivity index (χ2v) is 5.20. The van der Waals surface area contributed by atoms with Gasteiger partial charge >= 0.3 is 0 Å². The molecule has 0 radical (unpaired) electrons. The number of anilines is 2. The van der Waals surface area contributed by atoms with Crippen LogP contribution in [0.4, 0.5) is 11.4 Å². The lowest BCUT2D eigenvalue weighted by atomic mass is 10.1. The van der Waals surface area contributed by atoms with Crippen molar-refractivity contribution in [3.8, 4) is 0 Å². The van der Waals surface area contributed by atoms with Gasteiger partial charge in [0.1, 0.15) is 0 Å².